The van der Waals surface area contributed by atoms with Crippen molar-refractivity contribution in [3.63, 3.8) is 0 Å². The molecule has 2 N–H and O–H groups in total. The first kappa shape index (κ1) is 58.3. The monoisotopic (exact) mass is 980 g/mol. The van der Waals surface area contributed by atoms with Crippen LogP contribution in [0.2, 0.25) is 0 Å². The lowest BCUT2D eigenvalue weighted by molar-refractivity contribution is -0.139. The minimum Gasteiger partial charge on any atom is -0.469 e. The first-order valence-electron chi connectivity index (χ1n) is 27.3. The zero-order valence-electron chi connectivity index (χ0n) is 47.1. The summed E-state index contributed by atoms with van der Waals surface area (Å²) < 4.78 is 17.3. The van der Waals surface area contributed by atoms with E-state index in [-0.39, 0.29) is 41.5 Å². The van der Waals surface area contributed by atoms with Crippen LogP contribution in [0.3, 0.4) is 0 Å². The molecular formula is C64H90BNO6. The molecule has 1 saturated heterocycles. The van der Waals surface area contributed by atoms with Gasteiger partial charge in [0.15, 0.2) is 0 Å². The molecule has 4 aromatic carbocycles. The van der Waals surface area contributed by atoms with E-state index in [0.717, 1.165) is 99.2 Å². The van der Waals surface area contributed by atoms with E-state index in [1.807, 2.05) is 12.3 Å². The molecule has 0 radical (unpaired) electrons. The molecule has 2 heterocycles. The summed E-state index contributed by atoms with van der Waals surface area (Å²) in [7, 11) is 1.07. The van der Waals surface area contributed by atoms with Crippen molar-refractivity contribution in [1.82, 2.24) is 4.98 Å². The normalized spacial score (nSPS) is 14.8. The van der Waals surface area contributed by atoms with Crippen molar-refractivity contribution >= 4 is 18.6 Å². The molecule has 390 valence electrons. The van der Waals surface area contributed by atoms with E-state index in [4.69, 9.17) is 14.0 Å². The number of hydrogen-bond acceptors (Lipinski definition) is 7. The van der Waals surface area contributed by atoms with Gasteiger partial charge in [-0.15, -0.1) is 0 Å². The van der Waals surface area contributed by atoms with Gasteiger partial charge in [-0.3, -0.25) is 9.78 Å². The Labute approximate surface area is 436 Å². The third-order valence-electron chi connectivity index (χ3n) is 17.7. The molecule has 8 heteroatoms. The Hall–Kier alpha value is -4.60. The summed E-state index contributed by atoms with van der Waals surface area (Å²) in [6, 6.07) is 33.6. The molecule has 0 atom stereocenters. The summed E-state index contributed by atoms with van der Waals surface area (Å²) in [5, 5.41) is 21.5. The predicted molar refractivity (Wildman–Crippen MR) is 300 cm³/mol. The number of ether oxygens (including phenoxy) is 1. The van der Waals surface area contributed by atoms with Gasteiger partial charge in [-0.05, 0) is 186 Å². The maximum Gasteiger partial charge on any atom is 0.494 e. The summed E-state index contributed by atoms with van der Waals surface area (Å²) in [4.78, 5) is 16.0. The molecule has 72 heavy (non-hydrogen) atoms. The molecule has 0 aliphatic carbocycles. The van der Waals surface area contributed by atoms with Gasteiger partial charge in [-0.2, -0.15) is 0 Å². The quantitative estimate of drug-likeness (QED) is 0.0526. The van der Waals surface area contributed by atoms with Crippen molar-refractivity contribution in [3.05, 3.63) is 153 Å². The van der Waals surface area contributed by atoms with E-state index in [1.54, 1.807) is 6.20 Å². The van der Waals surface area contributed by atoms with Gasteiger partial charge in [-0.25, -0.2) is 0 Å². The highest BCUT2D eigenvalue weighted by Gasteiger charge is 2.51. The van der Waals surface area contributed by atoms with Crippen LogP contribution in [-0.4, -0.2) is 57.8 Å². The fourth-order valence-electron chi connectivity index (χ4n) is 10.9. The second kappa shape index (κ2) is 24.6. The van der Waals surface area contributed by atoms with Crippen LogP contribution in [0.5, 0.6) is 0 Å². The second-order valence-corrected chi connectivity index (χ2v) is 21.8. The molecular weight excluding hydrogens is 890 g/mol. The Morgan fingerprint density at radius 3 is 1.33 bits per heavy atom. The van der Waals surface area contributed by atoms with Crippen LogP contribution in [-0.2, 0) is 48.9 Å². The number of benzene rings is 4. The van der Waals surface area contributed by atoms with Gasteiger partial charge in [0.1, 0.15) is 0 Å². The first-order chi connectivity index (χ1) is 34.1. The molecule has 6 rings (SSSR count). The molecule has 7 nitrogen and oxygen atoms in total. The van der Waals surface area contributed by atoms with Gasteiger partial charge in [0.05, 0.1) is 35.9 Å². The van der Waals surface area contributed by atoms with Gasteiger partial charge in [0.2, 0.25) is 0 Å². The third-order valence-corrected chi connectivity index (χ3v) is 17.7. The number of aliphatic hydroxyl groups is 2. The maximum absolute atomic E-state index is 11.7. The Kier molecular flexibility index (Phi) is 19.9. The zero-order valence-corrected chi connectivity index (χ0v) is 47.1. The zero-order chi connectivity index (χ0) is 53.1. The largest absolute Gasteiger partial charge is 0.494 e. The standard InChI is InChI=1S/C33H43NO3.C31H47BO3/c1-7-32(36,8-2)18-17-26-11-16-30(19-24(26)5)33(9-3,10-4)29-14-12-27(13-15-29)28-20-25(22-34-23-28)21-31(35)37-6;1-10-30(33,11-2)21-20-24-14-15-26(22-23(24)5)31(12-3,13-4)25-16-18-27(19-17-25)32-34-28(6,7)29(8,9)35-32/h11-16,19-20,22-23,36H,7-10,17-18,21H2,1-6H3;14-19,22,33H,10-13,20-21H2,1-9H3. The number of nitrogens with zero attached hydrogens (tertiary/aromatic N) is 1. The molecule has 0 unspecified atom stereocenters. The first-order valence-corrected chi connectivity index (χ1v) is 27.3. The van der Waals surface area contributed by atoms with Crippen molar-refractivity contribution < 1.29 is 29.1 Å². The number of esters is 1. The Balaban J connectivity index is 0.000000268. The third kappa shape index (κ3) is 13.0. The minimum atomic E-state index is -0.572. The van der Waals surface area contributed by atoms with Crippen molar-refractivity contribution in [2.45, 2.75) is 214 Å². The summed E-state index contributed by atoms with van der Waals surface area (Å²) in [5.74, 6) is -0.266. The highest BCUT2D eigenvalue weighted by molar-refractivity contribution is 6.62. The number of hydrogen-bond donors (Lipinski definition) is 2. The molecule has 1 aliphatic heterocycles. The van der Waals surface area contributed by atoms with E-state index in [9.17, 15) is 15.0 Å². The highest BCUT2D eigenvalue weighted by Crippen LogP contribution is 2.42. The number of aryl methyl sites for hydroxylation is 4. The van der Waals surface area contributed by atoms with Gasteiger partial charge in [-0.1, -0.05) is 140 Å². The fraction of sp³-hybridized carbons (Fsp3) is 0.531. The van der Waals surface area contributed by atoms with Crippen LogP contribution in [0.1, 0.15) is 197 Å². The molecule has 0 bridgehead atoms. The van der Waals surface area contributed by atoms with Crippen molar-refractivity contribution in [2.24, 2.45) is 0 Å². The lowest BCUT2D eigenvalue weighted by Gasteiger charge is -2.34. The molecule has 5 aromatic rings. The molecule has 0 spiro atoms. The van der Waals surface area contributed by atoms with E-state index in [1.165, 1.54) is 51.6 Å². The number of carbonyl (C=O) groups is 1. The van der Waals surface area contributed by atoms with Crippen LogP contribution in [0.25, 0.3) is 11.1 Å². The molecule has 1 aliphatic rings. The molecule has 0 saturated carbocycles. The summed E-state index contributed by atoms with van der Waals surface area (Å²) in [5.41, 5.74) is 12.7. The van der Waals surface area contributed by atoms with Gasteiger partial charge >= 0.3 is 13.1 Å². The van der Waals surface area contributed by atoms with Gasteiger partial charge in [0, 0.05) is 28.8 Å². The van der Waals surface area contributed by atoms with E-state index < -0.39 is 11.2 Å². The Bertz CT molecular complexity index is 2500. The predicted octanol–water partition coefficient (Wildman–Crippen LogP) is 14.2. The second-order valence-electron chi connectivity index (χ2n) is 21.8. The van der Waals surface area contributed by atoms with Crippen molar-refractivity contribution in [3.8, 4) is 11.1 Å². The fourth-order valence-corrected chi connectivity index (χ4v) is 10.9. The van der Waals surface area contributed by atoms with E-state index in [2.05, 4.69) is 187 Å². The maximum atomic E-state index is 11.7. The van der Waals surface area contributed by atoms with Crippen LogP contribution in [0, 0.1) is 13.8 Å². The Morgan fingerprint density at radius 1 is 0.556 bits per heavy atom. The van der Waals surface area contributed by atoms with Crippen molar-refractivity contribution in [2.75, 3.05) is 7.11 Å². The molecule has 1 aromatic heterocycles. The van der Waals surface area contributed by atoms with Crippen LogP contribution < -0.4 is 5.46 Å². The lowest BCUT2D eigenvalue weighted by atomic mass is 9.68. The minimum absolute atomic E-state index is 0.0364. The average molecular weight is 980 g/mol. The number of aromatic nitrogens is 1. The number of pyridine rings is 1. The summed E-state index contributed by atoms with van der Waals surface area (Å²) in [6.07, 6.45) is 14.4. The van der Waals surface area contributed by atoms with Crippen LogP contribution in [0.15, 0.2) is 103 Å². The summed E-state index contributed by atoms with van der Waals surface area (Å²) >= 11 is 0. The highest BCUT2D eigenvalue weighted by atomic mass is 16.7. The van der Waals surface area contributed by atoms with Crippen LogP contribution in [0.4, 0.5) is 0 Å². The topological polar surface area (TPSA) is 98.1 Å². The van der Waals surface area contributed by atoms with Crippen LogP contribution >= 0.6 is 0 Å². The SMILES string of the molecule is CCC(O)(CC)CCc1ccc(C(CC)(CC)c2ccc(-c3cncc(CC(=O)OC)c3)cc2)cc1C.CCC(O)(CC)CCc1ccc(C(CC)(CC)c2ccc(B3OC(C)(C)C(C)(C)O3)cc2)cc1C. The number of rotatable bonds is 22. The molecule has 0 amide bonds. The number of carbonyl (C=O) groups excluding carboxylic acids is 1. The lowest BCUT2D eigenvalue weighted by Crippen LogP contribution is -2.41. The van der Waals surface area contributed by atoms with E-state index in [0.29, 0.717) is 0 Å². The van der Waals surface area contributed by atoms with Gasteiger partial charge in [0.25, 0.3) is 0 Å². The molecule has 1 fully saturated rings. The number of methoxy groups -OCH3 is 1. The van der Waals surface area contributed by atoms with E-state index >= 15 is 0 Å². The smallest absolute Gasteiger partial charge is 0.469 e. The van der Waals surface area contributed by atoms with Gasteiger partial charge < -0.3 is 24.3 Å². The summed E-state index contributed by atoms with van der Waals surface area (Å²) in [6.45, 7) is 30.2. The van der Waals surface area contributed by atoms with Crippen molar-refractivity contribution in [1.29, 1.82) is 0 Å². The Morgan fingerprint density at radius 2 is 0.958 bits per heavy atom. The average Bonchev–Trinajstić information content (AvgIpc) is 3.62.